The summed E-state index contributed by atoms with van der Waals surface area (Å²) < 4.78 is 18.2. The van der Waals surface area contributed by atoms with E-state index in [9.17, 15) is 0 Å². The Bertz CT molecular complexity index is 2650. The fourth-order valence-corrected chi connectivity index (χ4v) is 7.11. The smallest absolute Gasteiger partial charge is 0.135 e. The number of aromatic nitrogens is 3. The van der Waals surface area contributed by atoms with Gasteiger partial charge in [-0.1, -0.05) is 63.9 Å². The maximum absolute atomic E-state index is 5.80. The van der Waals surface area contributed by atoms with E-state index in [1.807, 2.05) is 54.6 Å². The zero-order chi connectivity index (χ0) is 37.2. The van der Waals surface area contributed by atoms with Crippen LogP contribution in [-0.2, 0) is 0 Å². The number of pyridine rings is 3. The van der Waals surface area contributed by atoms with Gasteiger partial charge in [0.05, 0.1) is 54.9 Å². The van der Waals surface area contributed by atoms with Gasteiger partial charge < -0.3 is 14.2 Å². The van der Waals surface area contributed by atoms with Crippen LogP contribution in [-0.4, -0.2) is 36.3 Å². The molecule has 7 heteroatoms. The fourth-order valence-electron chi connectivity index (χ4n) is 6.52. The predicted octanol–water partition coefficient (Wildman–Crippen LogP) is 10.3. The van der Waals surface area contributed by atoms with Gasteiger partial charge in [0.15, 0.2) is 0 Å². The van der Waals surface area contributed by atoms with E-state index in [0.717, 1.165) is 76.5 Å². The second-order valence-electron chi connectivity index (χ2n) is 12.7. The first-order chi connectivity index (χ1) is 25.7. The molecule has 7 aromatic rings. The van der Waals surface area contributed by atoms with Gasteiger partial charge in [0, 0.05) is 62.0 Å². The summed E-state index contributed by atoms with van der Waals surface area (Å²) in [5, 5.41) is 1.90. The van der Waals surface area contributed by atoms with Gasteiger partial charge in [0.2, 0.25) is 0 Å². The number of fused-ring (bicyclic) bond motifs is 3. The van der Waals surface area contributed by atoms with E-state index in [1.54, 1.807) is 33.7 Å². The Morgan fingerprint density at radius 3 is 1.77 bits per heavy atom. The van der Waals surface area contributed by atoms with Gasteiger partial charge >= 0.3 is 0 Å². The van der Waals surface area contributed by atoms with E-state index in [1.165, 1.54) is 11.1 Å². The number of hydrogen-bond acceptors (Lipinski definition) is 6. The zero-order valence-corrected chi connectivity index (χ0v) is 32.2. The molecule has 0 atom stereocenters. The third-order valence-electron chi connectivity index (χ3n) is 9.62. The van der Waals surface area contributed by atoms with Crippen molar-refractivity contribution in [2.75, 3.05) is 21.3 Å². The lowest BCUT2D eigenvalue weighted by atomic mass is 9.89. The van der Waals surface area contributed by atoms with Gasteiger partial charge in [0.1, 0.15) is 17.2 Å². The SMILES string of the molecule is COc1cc(OC)c(-c2ccc3ccc4cc(C#Cc5cccc(C#Cc6ccncc6)c5)c(-c5c(C)c(C)c(Br)c(C)c5C)nc4c3n2)c(OC)c1. The highest BCUT2D eigenvalue weighted by Crippen LogP contribution is 2.43. The summed E-state index contributed by atoms with van der Waals surface area (Å²) in [6.07, 6.45) is 3.48. The van der Waals surface area contributed by atoms with Crippen molar-refractivity contribution in [3.8, 4) is 63.4 Å². The topological polar surface area (TPSA) is 66.4 Å². The van der Waals surface area contributed by atoms with Gasteiger partial charge in [0.25, 0.3) is 0 Å². The minimum Gasteiger partial charge on any atom is -0.496 e. The molecule has 3 heterocycles. The van der Waals surface area contributed by atoms with Gasteiger partial charge in [-0.25, -0.2) is 9.97 Å². The predicted molar refractivity (Wildman–Crippen MR) is 217 cm³/mol. The molecule has 0 amide bonds. The van der Waals surface area contributed by atoms with Crippen LogP contribution in [0.15, 0.2) is 95.7 Å². The largest absolute Gasteiger partial charge is 0.496 e. The third kappa shape index (κ3) is 6.80. The van der Waals surface area contributed by atoms with E-state index in [0.29, 0.717) is 22.9 Å². The van der Waals surface area contributed by atoms with Crippen molar-refractivity contribution < 1.29 is 14.2 Å². The summed E-state index contributed by atoms with van der Waals surface area (Å²) in [4.78, 5) is 14.8. The van der Waals surface area contributed by atoms with Crippen LogP contribution in [0.1, 0.15) is 44.5 Å². The van der Waals surface area contributed by atoms with E-state index >= 15 is 0 Å². The molecule has 0 radical (unpaired) electrons. The lowest BCUT2D eigenvalue weighted by Gasteiger charge is -2.19. The van der Waals surface area contributed by atoms with Crippen molar-refractivity contribution in [2.24, 2.45) is 0 Å². The fraction of sp³-hybridized carbons (Fsp3) is 0.152. The molecular weight excluding hydrogens is 722 g/mol. The number of ether oxygens (including phenoxy) is 3. The summed E-state index contributed by atoms with van der Waals surface area (Å²) >= 11 is 3.84. The number of rotatable bonds is 5. The molecule has 0 aliphatic heterocycles. The van der Waals surface area contributed by atoms with E-state index in [4.69, 9.17) is 24.2 Å². The van der Waals surface area contributed by atoms with Crippen LogP contribution >= 0.6 is 15.9 Å². The van der Waals surface area contributed by atoms with E-state index in [-0.39, 0.29) is 0 Å². The molecule has 7 rings (SSSR count). The second kappa shape index (κ2) is 14.8. The van der Waals surface area contributed by atoms with Crippen LogP contribution in [0.3, 0.4) is 0 Å². The molecule has 6 nitrogen and oxygen atoms in total. The van der Waals surface area contributed by atoms with Gasteiger partial charge in [-0.2, -0.15) is 0 Å². The molecule has 0 N–H and O–H groups in total. The maximum Gasteiger partial charge on any atom is 0.135 e. The molecule has 53 heavy (non-hydrogen) atoms. The molecule has 0 aliphatic rings. The normalized spacial score (nSPS) is 10.7. The molecular formula is C46H36BrN3O3. The minimum absolute atomic E-state index is 0.596. The van der Waals surface area contributed by atoms with Crippen molar-refractivity contribution in [2.45, 2.75) is 27.7 Å². The average molecular weight is 759 g/mol. The Hall–Kier alpha value is -6.15. The first-order valence-electron chi connectivity index (χ1n) is 17.1. The van der Waals surface area contributed by atoms with Crippen LogP contribution in [0.25, 0.3) is 44.3 Å². The first-order valence-corrected chi connectivity index (χ1v) is 17.8. The zero-order valence-electron chi connectivity index (χ0n) is 30.6. The van der Waals surface area contributed by atoms with Crippen LogP contribution in [0.2, 0.25) is 0 Å². The van der Waals surface area contributed by atoms with Crippen molar-refractivity contribution in [3.05, 3.63) is 140 Å². The van der Waals surface area contributed by atoms with Crippen LogP contribution in [0.5, 0.6) is 17.2 Å². The molecule has 0 saturated carbocycles. The monoisotopic (exact) mass is 757 g/mol. The highest BCUT2D eigenvalue weighted by atomic mass is 79.9. The first kappa shape index (κ1) is 35.3. The van der Waals surface area contributed by atoms with E-state index < -0.39 is 0 Å². The quantitative estimate of drug-likeness (QED) is 0.129. The molecule has 0 bridgehead atoms. The van der Waals surface area contributed by atoms with Gasteiger partial charge in [-0.3, -0.25) is 4.98 Å². The standard InChI is InChI=1S/C46H36BrN3O3/c1-27-29(3)43(47)30(4)28(2)41(27)44-35(14-13-33-10-8-9-32(23-33)12-11-31-19-21-48-22-20-31)24-36-16-15-34-17-18-38(49-45(34)46(36)50-44)42-39(52-6)25-37(51-5)26-40(42)53-7/h8-10,15-26H,1-7H3. The van der Waals surface area contributed by atoms with Gasteiger partial charge in [-0.15, -0.1) is 0 Å². The van der Waals surface area contributed by atoms with Crippen molar-refractivity contribution in [3.63, 3.8) is 0 Å². The Labute approximate surface area is 318 Å². The summed E-state index contributed by atoms with van der Waals surface area (Å²) in [7, 11) is 4.87. The van der Waals surface area contributed by atoms with Crippen LogP contribution in [0, 0.1) is 51.4 Å². The minimum atomic E-state index is 0.596. The van der Waals surface area contributed by atoms with Crippen molar-refractivity contribution in [1.82, 2.24) is 15.0 Å². The van der Waals surface area contributed by atoms with Crippen molar-refractivity contribution in [1.29, 1.82) is 0 Å². The number of benzene rings is 4. The molecule has 260 valence electrons. The highest BCUT2D eigenvalue weighted by molar-refractivity contribution is 9.10. The van der Waals surface area contributed by atoms with Crippen molar-refractivity contribution >= 4 is 37.7 Å². The lowest BCUT2D eigenvalue weighted by molar-refractivity contribution is 0.377. The number of halogens is 1. The molecule has 4 aromatic carbocycles. The Morgan fingerprint density at radius 2 is 1.13 bits per heavy atom. The van der Waals surface area contributed by atoms with Crippen LogP contribution < -0.4 is 14.2 Å². The summed E-state index contributed by atoms with van der Waals surface area (Å²) in [5.41, 5.74) is 13.0. The molecule has 0 fully saturated rings. The Balaban J connectivity index is 1.45. The number of nitrogens with zero attached hydrogens (tertiary/aromatic N) is 3. The molecule has 0 spiro atoms. The van der Waals surface area contributed by atoms with Gasteiger partial charge in [-0.05, 0) is 92.4 Å². The molecule has 0 aliphatic carbocycles. The molecule has 0 saturated heterocycles. The van der Waals surface area contributed by atoms with E-state index in [2.05, 4.69) is 96.6 Å². The highest BCUT2D eigenvalue weighted by Gasteiger charge is 2.21. The lowest BCUT2D eigenvalue weighted by Crippen LogP contribution is -2.02. The molecule has 3 aromatic heterocycles. The van der Waals surface area contributed by atoms with Crippen LogP contribution in [0.4, 0.5) is 0 Å². The average Bonchev–Trinajstić information content (AvgIpc) is 3.20. The number of hydrogen-bond donors (Lipinski definition) is 0. The summed E-state index contributed by atoms with van der Waals surface area (Å²) in [6.45, 7) is 8.58. The third-order valence-corrected chi connectivity index (χ3v) is 10.8. The number of methoxy groups -OCH3 is 3. The summed E-state index contributed by atoms with van der Waals surface area (Å²) in [5.74, 6) is 15.2. The molecule has 0 unspecified atom stereocenters. The Kier molecular flexibility index (Phi) is 9.87. The Morgan fingerprint density at radius 1 is 0.547 bits per heavy atom. The maximum atomic E-state index is 5.80. The summed E-state index contributed by atoms with van der Waals surface area (Å²) in [6, 6.07) is 25.8. The second-order valence-corrected chi connectivity index (χ2v) is 13.5.